The Labute approximate surface area is 199 Å². The van der Waals surface area contributed by atoms with Crippen molar-refractivity contribution in [3.05, 3.63) is 66.5 Å². The van der Waals surface area contributed by atoms with Gasteiger partial charge in [-0.2, -0.15) is 0 Å². The number of nitrogens with one attached hydrogen (secondary N) is 1. The normalized spacial score (nSPS) is 12.8. The Morgan fingerprint density at radius 2 is 1.79 bits per heavy atom. The summed E-state index contributed by atoms with van der Waals surface area (Å²) < 4.78 is 39.2. The van der Waals surface area contributed by atoms with E-state index in [1.165, 1.54) is 6.07 Å². The number of pyridine rings is 1. The molecule has 1 N–H and O–H groups in total. The molecule has 1 unspecified atom stereocenters. The van der Waals surface area contributed by atoms with Gasteiger partial charge in [0.05, 0.1) is 19.1 Å². The van der Waals surface area contributed by atoms with Crippen LogP contribution < -0.4 is 9.46 Å². The first-order valence-corrected chi connectivity index (χ1v) is 12.3. The predicted molar refractivity (Wildman–Crippen MR) is 128 cm³/mol. The highest BCUT2D eigenvalue weighted by atomic mass is 32.2. The minimum atomic E-state index is -4.15. The van der Waals surface area contributed by atoms with Crippen LogP contribution >= 0.6 is 0 Å². The van der Waals surface area contributed by atoms with Crippen molar-refractivity contribution in [1.29, 1.82) is 0 Å². The molecule has 0 aliphatic rings. The molecule has 0 bridgehead atoms. The molecule has 0 spiro atoms. The van der Waals surface area contributed by atoms with Crippen LogP contribution in [0.1, 0.15) is 32.8 Å². The molecule has 0 fully saturated rings. The summed E-state index contributed by atoms with van der Waals surface area (Å²) in [6.45, 7) is 5.28. The zero-order valence-electron chi connectivity index (χ0n) is 19.4. The lowest BCUT2D eigenvalue weighted by atomic mass is 10.1. The predicted octanol–water partition coefficient (Wildman–Crippen LogP) is 3.43. The highest BCUT2D eigenvalue weighted by Crippen LogP contribution is 2.25. The number of benzene rings is 2. The maximum Gasteiger partial charge on any atom is 0.308 e. The van der Waals surface area contributed by atoms with E-state index in [4.69, 9.17) is 9.47 Å². The van der Waals surface area contributed by atoms with E-state index >= 15 is 0 Å². The van der Waals surface area contributed by atoms with Crippen LogP contribution in [0.2, 0.25) is 0 Å². The molecule has 9 heteroatoms. The van der Waals surface area contributed by atoms with Gasteiger partial charge in [0.25, 0.3) is 0 Å². The van der Waals surface area contributed by atoms with Gasteiger partial charge in [0.2, 0.25) is 10.0 Å². The fraction of sp³-hybridized carbons (Fsp3) is 0.320. The van der Waals surface area contributed by atoms with Crippen LogP contribution in [0, 0.1) is 0 Å². The summed E-state index contributed by atoms with van der Waals surface area (Å²) in [5.41, 5.74) is 0.235. The number of rotatable bonds is 10. The Morgan fingerprint density at radius 3 is 2.53 bits per heavy atom. The van der Waals surface area contributed by atoms with Crippen molar-refractivity contribution in [3.63, 3.8) is 0 Å². The van der Waals surface area contributed by atoms with Crippen molar-refractivity contribution in [2.75, 3.05) is 6.61 Å². The fourth-order valence-electron chi connectivity index (χ4n) is 3.38. The monoisotopic (exact) mass is 484 g/mol. The zero-order valence-corrected chi connectivity index (χ0v) is 20.2. The van der Waals surface area contributed by atoms with Gasteiger partial charge in [-0.25, -0.2) is 13.1 Å². The summed E-state index contributed by atoms with van der Waals surface area (Å²) in [4.78, 5) is 27.6. The molecule has 1 heterocycles. The maximum absolute atomic E-state index is 13.0. The van der Waals surface area contributed by atoms with Gasteiger partial charge in [-0.15, -0.1) is 0 Å². The van der Waals surface area contributed by atoms with Gasteiger partial charge in [0.15, 0.2) is 0 Å². The molecule has 0 aliphatic carbocycles. The lowest BCUT2D eigenvalue weighted by Gasteiger charge is -2.21. The number of nitrogens with zero attached hydrogens (tertiary/aromatic N) is 1. The second kappa shape index (κ2) is 10.8. The van der Waals surface area contributed by atoms with Gasteiger partial charge in [0, 0.05) is 24.2 Å². The number of aldehydes is 1. The zero-order chi connectivity index (χ0) is 24.8. The molecular formula is C25H28N2O6S. The lowest BCUT2D eigenvalue weighted by Crippen LogP contribution is -2.39. The first-order valence-electron chi connectivity index (χ1n) is 10.8. The summed E-state index contributed by atoms with van der Waals surface area (Å²) in [5.74, 6) is -0.536. The average Bonchev–Trinajstić information content (AvgIpc) is 2.77. The molecule has 3 rings (SSSR count). The summed E-state index contributed by atoms with van der Waals surface area (Å²) in [6, 6.07) is 12.7. The third-order valence-electron chi connectivity index (χ3n) is 4.80. The molecule has 1 atom stereocenters. The van der Waals surface area contributed by atoms with Crippen molar-refractivity contribution in [3.8, 4) is 5.75 Å². The van der Waals surface area contributed by atoms with Gasteiger partial charge in [-0.1, -0.05) is 36.4 Å². The molecule has 0 aliphatic heterocycles. The second-order valence-electron chi connectivity index (χ2n) is 8.72. The second-order valence-corrected chi connectivity index (χ2v) is 10.4. The Morgan fingerprint density at radius 1 is 1.09 bits per heavy atom. The van der Waals surface area contributed by atoms with Crippen molar-refractivity contribution in [1.82, 2.24) is 9.71 Å². The Bertz CT molecular complexity index is 1260. The number of hydrogen-bond acceptors (Lipinski definition) is 7. The van der Waals surface area contributed by atoms with Gasteiger partial charge < -0.3 is 14.3 Å². The first-order chi connectivity index (χ1) is 16.1. The minimum absolute atomic E-state index is 0.123. The molecule has 3 aromatic rings. The molecular weight excluding hydrogens is 456 g/mol. The molecule has 8 nitrogen and oxygen atoms in total. The Hall–Kier alpha value is -3.30. The average molecular weight is 485 g/mol. The molecule has 0 amide bonds. The smallest absolute Gasteiger partial charge is 0.308 e. The molecule has 0 saturated carbocycles. The van der Waals surface area contributed by atoms with Crippen molar-refractivity contribution >= 4 is 33.1 Å². The van der Waals surface area contributed by atoms with Gasteiger partial charge in [-0.05, 0) is 43.9 Å². The van der Waals surface area contributed by atoms with Gasteiger partial charge in [-0.3, -0.25) is 9.78 Å². The van der Waals surface area contributed by atoms with E-state index in [1.807, 2.05) is 24.3 Å². The third kappa shape index (κ3) is 6.85. The van der Waals surface area contributed by atoms with E-state index < -0.39 is 34.1 Å². The number of para-hydroxylation sites is 1. The van der Waals surface area contributed by atoms with Gasteiger partial charge in [0.1, 0.15) is 22.5 Å². The fourth-order valence-corrected chi connectivity index (χ4v) is 4.70. The van der Waals surface area contributed by atoms with E-state index in [0.717, 1.165) is 16.3 Å². The van der Waals surface area contributed by atoms with E-state index in [0.29, 0.717) is 12.7 Å². The number of aromatic nitrogens is 1. The quantitative estimate of drug-likeness (QED) is 0.347. The number of sulfonamides is 1. The Balaban J connectivity index is 1.70. The van der Waals surface area contributed by atoms with E-state index in [2.05, 4.69) is 9.71 Å². The first kappa shape index (κ1) is 25.3. The van der Waals surface area contributed by atoms with E-state index in [9.17, 15) is 18.0 Å². The summed E-state index contributed by atoms with van der Waals surface area (Å²) in [6.07, 6.45) is 4.02. The number of carbonyl (C=O) groups is 2. The highest BCUT2D eigenvalue weighted by molar-refractivity contribution is 7.89. The van der Waals surface area contributed by atoms with Crippen LogP contribution in [0.5, 0.6) is 5.75 Å². The standard InChI is InChI=1S/C25H28N2O6S/c1-25(2,3)33-24(29)14-20(17-28)27-34(30,31)23-11-7-6-10-22(23)32-13-12-19-16-26-15-18-8-4-5-9-21(18)19/h4-11,15-17,20,27H,12-14H2,1-3H3. The topological polar surface area (TPSA) is 112 Å². The number of fused-ring (bicyclic) bond motifs is 1. The summed E-state index contributed by atoms with van der Waals surface area (Å²) >= 11 is 0. The molecule has 180 valence electrons. The van der Waals surface area contributed by atoms with E-state index in [1.54, 1.807) is 51.4 Å². The van der Waals surface area contributed by atoms with Crippen LogP contribution in [0.15, 0.2) is 65.8 Å². The highest BCUT2D eigenvalue weighted by Gasteiger charge is 2.27. The van der Waals surface area contributed by atoms with Crippen molar-refractivity contribution in [2.45, 2.75) is 50.2 Å². The lowest BCUT2D eigenvalue weighted by molar-refractivity contribution is -0.155. The van der Waals surface area contributed by atoms with Crippen LogP contribution in [0.4, 0.5) is 0 Å². The Kier molecular flexibility index (Phi) is 8.01. The summed E-state index contributed by atoms with van der Waals surface area (Å²) in [5, 5.41) is 2.07. The molecule has 1 aromatic heterocycles. The molecule has 34 heavy (non-hydrogen) atoms. The summed E-state index contributed by atoms with van der Waals surface area (Å²) in [7, 11) is -4.15. The van der Waals surface area contributed by atoms with Crippen molar-refractivity contribution < 1.29 is 27.5 Å². The molecule has 0 radical (unpaired) electrons. The number of carbonyl (C=O) groups excluding carboxylic acids is 2. The minimum Gasteiger partial charge on any atom is -0.492 e. The number of esters is 1. The van der Waals surface area contributed by atoms with Gasteiger partial charge >= 0.3 is 5.97 Å². The van der Waals surface area contributed by atoms with E-state index in [-0.39, 0.29) is 17.3 Å². The SMILES string of the molecule is CC(C)(C)OC(=O)CC(C=O)NS(=O)(=O)c1ccccc1OCCc1cncc2ccccc12. The third-order valence-corrected chi connectivity index (χ3v) is 6.33. The maximum atomic E-state index is 13.0. The van der Waals surface area contributed by atoms with Crippen LogP contribution in [-0.2, 0) is 30.8 Å². The number of ether oxygens (including phenoxy) is 2. The largest absolute Gasteiger partial charge is 0.492 e. The van der Waals surface area contributed by atoms with Crippen molar-refractivity contribution in [2.24, 2.45) is 0 Å². The molecule has 2 aromatic carbocycles. The van der Waals surface area contributed by atoms with Crippen LogP contribution in [0.25, 0.3) is 10.8 Å². The van der Waals surface area contributed by atoms with Crippen LogP contribution in [0.3, 0.4) is 0 Å². The van der Waals surface area contributed by atoms with Crippen LogP contribution in [-0.4, -0.2) is 43.9 Å². The number of hydrogen-bond donors (Lipinski definition) is 1. The molecule has 0 saturated heterocycles.